The summed E-state index contributed by atoms with van der Waals surface area (Å²) in [5, 5.41) is 14.9. The Hall–Kier alpha value is -0.680. The number of aromatic nitrogens is 2. The molecule has 1 aromatic heterocycles. The summed E-state index contributed by atoms with van der Waals surface area (Å²) in [5.41, 5.74) is -0.717. The predicted octanol–water partition coefficient (Wildman–Crippen LogP) is 3.49. The zero-order chi connectivity index (χ0) is 14.0. The third kappa shape index (κ3) is 2.92. The van der Waals surface area contributed by atoms with Crippen LogP contribution in [0.1, 0.15) is 68.9 Å². The fraction of sp³-hybridized carbons (Fsp3) is 0.714. The predicted molar refractivity (Wildman–Crippen MR) is 77.3 cm³/mol. The molecule has 2 rings (SSSR count). The molecule has 1 N–H and O–H groups in total. The third-order valence-corrected chi connectivity index (χ3v) is 4.39. The molecule has 0 aliphatic heterocycles. The number of nitrogens with zero attached hydrogens (tertiary/aromatic N) is 2. The molecule has 0 radical (unpaired) electrons. The molecule has 5 heteroatoms. The lowest BCUT2D eigenvalue weighted by Crippen LogP contribution is -2.39. The van der Waals surface area contributed by atoms with E-state index in [0.717, 1.165) is 25.7 Å². The summed E-state index contributed by atoms with van der Waals surface area (Å²) in [6.45, 7) is 3.96. The maximum Gasteiger partial charge on any atom is 0.213 e. The lowest BCUT2D eigenvalue weighted by Gasteiger charge is -2.26. The minimum absolute atomic E-state index is 0.0969. The van der Waals surface area contributed by atoms with Crippen molar-refractivity contribution >= 4 is 21.7 Å². The molecule has 0 unspecified atom stereocenters. The van der Waals surface area contributed by atoms with Crippen LogP contribution in [0, 0.1) is 0 Å². The van der Waals surface area contributed by atoms with E-state index in [-0.39, 0.29) is 11.8 Å². The van der Waals surface area contributed by atoms with Crippen molar-refractivity contribution in [2.24, 2.45) is 0 Å². The standard InChI is InChI=1S/C14H21BrN2O2/c1-10(2)17-12(11(15)9-16-17)13(18)14(19)7-5-3-4-6-8-14/h9-10,19H,3-8H2,1-2H3. The Balaban J connectivity index is 2.35. The topological polar surface area (TPSA) is 55.1 Å². The molecule has 4 nitrogen and oxygen atoms in total. The first-order chi connectivity index (χ1) is 8.96. The highest BCUT2D eigenvalue weighted by Crippen LogP contribution is 2.33. The highest BCUT2D eigenvalue weighted by molar-refractivity contribution is 9.10. The Morgan fingerprint density at radius 1 is 1.37 bits per heavy atom. The van der Waals surface area contributed by atoms with Gasteiger partial charge >= 0.3 is 0 Å². The molecule has 106 valence electrons. The Morgan fingerprint density at radius 3 is 2.47 bits per heavy atom. The average molecular weight is 329 g/mol. The van der Waals surface area contributed by atoms with Crippen molar-refractivity contribution in [3.63, 3.8) is 0 Å². The van der Waals surface area contributed by atoms with Gasteiger partial charge in [0.1, 0.15) is 11.3 Å². The van der Waals surface area contributed by atoms with Gasteiger partial charge in [-0.1, -0.05) is 25.7 Å². The van der Waals surface area contributed by atoms with Gasteiger partial charge in [-0.25, -0.2) is 0 Å². The first-order valence-electron chi connectivity index (χ1n) is 6.96. The van der Waals surface area contributed by atoms with Gasteiger partial charge in [0, 0.05) is 6.04 Å². The number of ketones is 1. The molecular formula is C14H21BrN2O2. The van der Waals surface area contributed by atoms with E-state index in [1.54, 1.807) is 10.9 Å². The van der Waals surface area contributed by atoms with E-state index in [2.05, 4.69) is 21.0 Å². The summed E-state index contributed by atoms with van der Waals surface area (Å²) >= 11 is 3.38. The molecular weight excluding hydrogens is 308 g/mol. The first kappa shape index (κ1) is 14.7. The van der Waals surface area contributed by atoms with Gasteiger partial charge in [-0.3, -0.25) is 9.48 Å². The van der Waals surface area contributed by atoms with E-state index >= 15 is 0 Å². The molecule has 0 saturated heterocycles. The highest BCUT2D eigenvalue weighted by atomic mass is 79.9. The van der Waals surface area contributed by atoms with Crippen LogP contribution in [0.25, 0.3) is 0 Å². The van der Waals surface area contributed by atoms with E-state index in [4.69, 9.17) is 0 Å². The molecule has 19 heavy (non-hydrogen) atoms. The Kier molecular flexibility index (Phi) is 4.46. The van der Waals surface area contributed by atoms with Crippen LogP contribution in [0.15, 0.2) is 10.7 Å². The van der Waals surface area contributed by atoms with Gasteiger partial charge in [0.25, 0.3) is 0 Å². The number of aliphatic hydroxyl groups is 1. The summed E-state index contributed by atoms with van der Waals surface area (Å²) in [5.74, 6) is -0.188. The van der Waals surface area contributed by atoms with Crippen LogP contribution < -0.4 is 0 Å². The monoisotopic (exact) mass is 328 g/mol. The maximum absolute atomic E-state index is 12.7. The van der Waals surface area contributed by atoms with Gasteiger partial charge < -0.3 is 5.11 Å². The number of hydrogen-bond donors (Lipinski definition) is 1. The molecule has 1 aromatic rings. The first-order valence-corrected chi connectivity index (χ1v) is 7.75. The number of carbonyl (C=O) groups excluding carboxylic acids is 1. The zero-order valence-corrected chi connectivity index (χ0v) is 13.1. The molecule has 0 spiro atoms. The largest absolute Gasteiger partial charge is 0.382 e. The van der Waals surface area contributed by atoms with Crippen LogP contribution in [-0.2, 0) is 0 Å². The van der Waals surface area contributed by atoms with Crippen LogP contribution in [0.3, 0.4) is 0 Å². The second-order valence-corrected chi connectivity index (χ2v) is 6.51. The van der Waals surface area contributed by atoms with Crippen molar-refractivity contribution in [2.75, 3.05) is 0 Å². The Bertz CT molecular complexity index is 460. The normalized spacial score (nSPS) is 19.4. The molecule has 0 aromatic carbocycles. The van der Waals surface area contributed by atoms with Crippen LogP contribution in [0.4, 0.5) is 0 Å². The van der Waals surface area contributed by atoms with E-state index in [0.29, 0.717) is 23.0 Å². The van der Waals surface area contributed by atoms with Gasteiger partial charge in [-0.05, 0) is 42.6 Å². The smallest absolute Gasteiger partial charge is 0.213 e. The van der Waals surface area contributed by atoms with Gasteiger partial charge in [0.15, 0.2) is 0 Å². The minimum atomic E-state index is -1.22. The highest BCUT2D eigenvalue weighted by Gasteiger charge is 2.39. The summed E-state index contributed by atoms with van der Waals surface area (Å²) < 4.78 is 2.36. The molecule has 1 heterocycles. The van der Waals surface area contributed by atoms with Crippen molar-refractivity contribution in [2.45, 2.75) is 64.0 Å². The lowest BCUT2D eigenvalue weighted by molar-refractivity contribution is 0.0225. The van der Waals surface area contributed by atoms with E-state index in [1.807, 2.05) is 13.8 Å². The number of carbonyl (C=O) groups is 1. The van der Waals surface area contributed by atoms with Crippen molar-refractivity contribution in [3.05, 3.63) is 16.4 Å². The third-order valence-electron chi connectivity index (χ3n) is 3.81. The van der Waals surface area contributed by atoms with E-state index in [1.165, 1.54) is 0 Å². The average Bonchev–Trinajstić information content (AvgIpc) is 2.60. The Labute approximate surface area is 122 Å². The van der Waals surface area contributed by atoms with Crippen molar-refractivity contribution < 1.29 is 9.90 Å². The molecule has 0 amide bonds. The fourth-order valence-electron chi connectivity index (χ4n) is 2.71. The number of Topliss-reactive ketones (excluding diaryl/α,β-unsaturated/α-hetero) is 1. The van der Waals surface area contributed by atoms with Gasteiger partial charge in [-0.15, -0.1) is 0 Å². The van der Waals surface area contributed by atoms with Crippen LogP contribution in [0.2, 0.25) is 0 Å². The minimum Gasteiger partial charge on any atom is -0.382 e. The number of rotatable bonds is 3. The summed E-state index contributed by atoms with van der Waals surface area (Å²) in [4.78, 5) is 12.7. The second kappa shape index (κ2) is 5.75. The lowest BCUT2D eigenvalue weighted by atomic mass is 9.88. The van der Waals surface area contributed by atoms with E-state index in [9.17, 15) is 9.90 Å². The van der Waals surface area contributed by atoms with Crippen molar-refractivity contribution in [3.8, 4) is 0 Å². The summed E-state index contributed by atoms with van der Waals surface area (Å²) in [6.07, 6.45) is 6.77. The molecule has 1 aliphatic rings. The molecule has 0 bridgehead atoms. The molecule has 1 fully saturated rings. The van der Waals surface area contributed by atoms with E-state index < -0.39 is 5.60 Å². The summed E-state index contributed by atoms with van der Waals surface area (Å²) in [7, 11) is 0. The number of hydrogen-bond acceptors (Lipinski definition) is 3. The maximum atomic E-state index is 12.7. The summed E-state index contributed by atoms with van der Waals surface area (Å²) in [6, 6.07) is 0.0969. The fourth-order valence-corrected chi connectivity index (χ4v) is 3.16. The quantitative estimate of drug-likeness (QED) is 0.682. The van der Waals surface area contributed by atoms with Crippen LogP contribution in [-0.4, -0.2) is 26.3 Å². The van der Waals surface area contributed by atoms with Crippen LogP contribution >= 0.6 is 15.9 Å². The second-order valence-electron chi connectivity index (χ2n) is 5.65. The SMILES string of the molecule is CC(C)n1ncc(Br)c1C(=O)C1(O)CCCCCC1. The molecule has 1 saturated carbocycles. The van der Waals surface area contributed by atoms with Gasteiger partial charge in [-0.2, -0.15) is 5.10 Å². The van der Waals surface area contributed by atoms with Crippen molar-refractivity contribution in [1.29, 1.82) is 0 Å². The van der Waals surface area contributed by atoms with Gasteiger partial charge in [0.05, 0.1) is 10.7 Å². The molecule has 1 aliphatic carbocycles. The molecule has 0 atom stereocenters. The van der Waals surface area contributed by atoms with Crippen LogP contribution in [0.5, 0.6) is 0 Å². The van der Waals surface area contributed by atoms with Crippen molar-refractivity contribution in [1.82, 2.24) is 9.78 Å². The number of halogens is 1. The van der Waals surface area contributed by atoms with Gasteiger partial charge in [0.2, 0.25) is 5.78 Å². The zero-order valence-electron chi connectivity index (χ0n) is 11.5. The Morgan fingerprint density at radius 2 is 1.95 bits per heavy atom.